The second kappa shape index (κ2) is 9.43. The van der Waals surface area contributed by atoms with Gasteiger partial charge >= 0.3 is 0 Å². The molecule has 0 bridgehead atoms. The summed E-state index contributed by atoms with van der Waals surface area (Å²) in [7, 11) is 1.74. The Hall–Kier alpha value is -2.70. The summed E-state index contributed by atoms with van der Waals surface area (Å²) >= 11 is 5.80. The van der Waals surface area contributed by atoms with Gasteiger partial charge in [0.2, 0.25) is 0 Å². The van der Waals surface area contributed by atoms with Gasteiger partial charge in [-0.1, -0.05) is 24.3 Å². The van der Waals surface area contributed by atoms with E-state index < -0.39 is 0 Å². The van der Waals surface area contributed by atoms with Gasteiger partial charge in [-0.3, -0.25) is 4.98 Å². The summed E-state index contributed by atoms with van der Waals surface area (Å²) in [5.41, 5.74) is 8.57. The normalized spacial score (nSPS) is 18.3. The molecule has 4 rings (SSSR count). The molecular formula is C26H32N4OS. The summed E-state index contributed by atoms with van der Waals surface area (Å²) in [4.78, 5) is 6.98. The number of nitrogens with zero attached hydrogens (tertiary/aromatic N) is 3. The van der Waals surface area contributed by atoms with Crippen LogP contribution in [-0.2, 0) is 4.74 Å². The van der Waals surface area contributed by atoms with Crippen molar-refractivity contribution < 1.29 is 4.74 Å². The van der Waals surface area contributed by atoms with Crippen molar-refractivity contribution in [3.05, 3.63) is 82.4 Å². The predicted molar refractivity (Wildman–Crippen MR) is 133 cm³/mol. The van der Waals surface area contributed by atoms with Crippen LogP contribution in [0.15, 0.2) is 48.7 Å². The van der Waals surface area contributed by atoms with Crippen molar-refractivity contribution in [1.82, 2.24) is 19.8 Å². The number of hydrogen-bond acceptors (Lipinski definition) is 3. The van der Waals surface area contributed by atoms with Crippen molar-refractivity contribution in [3.63, 3.8) is 0 Å². The highest BCUT2D eigenvalue weighted by atomic mass is 32.1. The fraction of sp³-hybridized carbons (Fsp3) is 0.385. The average Bonchev–Trinajstić information content (AvgIpc) is 3.25. The van der Waals surface area contributed by atoms with Gasteiger partial charge < -0.3 is 19.5 Å². The molecule has 32 heavy (non-hydrogen) atoms. The Labute approximate surface area is 196 Å². The Morgan fingerprint density at radius 3 is 2.47 bits per heavy atom. The molecule has 2 atom stereocenters. The molecule has 5 nitrogen and oxygen atoms in total. The van der Waals surface area contributed by atoms with E-state index in [0.717, 1.165) is 23.8 Å². The zero-order valence-electron chi connectivity index (χ0n) is 19.6. The number of aryl methyl sites for hydroxylation is 3. The molecule has 3 heterocycles. The minimum Gasteiger partial charge on any atom is -0.385 e. The van der Waals surface area contributed by atoms with E-state index in [-0.39, 0.29) is 12.1 Å². The Kier molecular flexibility index (Phi) is 6.63. The number of thiocarbonyl (C=S) groups is 1. The fourth-order valence-corrected chi connectivity index (χ4v) is 5.29. The molecule has 1 aliphatic heterocycles. The van der Waals surface area contributed by atoms with E-state index in [1.165, 1.54) is 33.8 Å². The molecule has 6 heteroatoms. The number of para-hydroxylation sites is 1. The van der Waals surface area contributed by atoms with E-state index in [4.69, 9.17) is 17.0 Å². The van der Waals surface area contributed by atoms with Gasteiger partial charge in [-0.25, -0.2) is 0 Å². The van der Waals surface area contributed by atoms with E-state index in [1.54, 1.807) is 7.11 Å². The Morgan fingerprint density at radius 2 is 1.81 bits per heavy atom. The van der Waals surface area contributed by atoms with Crippen molar-refractivity contribution in [1.29, 1.82) is 0 Å². The molecule has 1 saturated heterocycles. The molecule has 0 spiro atoms. The average molecular weight is 449 g/mol. The maximum atomic E-state index is 5.80. The van der Waals surface area contributed by atoms with Crippen molar-refractivity contribution in [2.75, 3.05) is 20.3 Å². The van der Waals surface area contributed by atoms with Crippen LogP contribution in [0.25, 0.3) is 5.69 Å². The summed E-state index contributed by atoms with van der Waals surface area (Å²) in [6.45, 7) is 10.3. The van der Waals surface area contributed by atoms with Crippen LogP contribution in [0.2, 0.25) is 0 Å². The van der Waals surface area contributed by atoms with E-state index >= 15 is 0 Å². The maximum Gasteiger partial charge on any atom is 0.170 e. The molecule has 0 radical (unpaired) electrons. The summed E-state index contributed by atoms with van der Waals surface area (Å²) < 4.78 is 7.71. The van der Waals surface area contributed by atoms with Crippen LogP contribution in [0, 0.1) is 27.7 Å². The molecule has 1 aromatic carbocycles. The molecule has 2 aromatic heterocycles. The molecule has 0 unspecified atom stereocenters. The van der Waals surface area contributed by atoms with Crippen LogP contribution in [0.4, 0.5) is 0 Å². The summed E-state index contributed by atoms with van der Waals surface area (Å²) in [5, 5.41) is 4.34. The lowest BCUT2D eigenvalue weighted by Crippen LogP contribution is -2.31. The van der Waals surface area contributed by atoms with Crippen molar-refractivity contribution in [3.8, 4) is 5.69 Å². The zero-order valence-corrected chi connectivity index (χ0v) is 20.4. The molecule has 1 fully saturated rings. The molecule has 0 amide bonds. The number of nitrogens with one attached hydrogen (secondary N) is 1. The monoisotopic (exact) mass is 448 g/mol. The largest absolute Gasteiger partial charge is 0.385 e. The van der Waals surface area contributed by atoms with Gasteiger partial charge in [-0.05, 0) is 81.2 Å². The summed E-state index contributed by atoms with van der Waals surface area (Å²) in [6, 6.07) is 14.9. The van der Waals surface area contributed by atoms with E-state index in [9.17, 15) is 0 Å². The van der Waals surface area contributed by atoms with Crippen LogP contribution in [0.3, 0.4) is 0 Å². The Bertz CT molecular complexity index is 1090. The predicted octanol–water partition coefficient (Wildman–Crippen LogP) is 5.11. The third kappa shape index (κ3) is 4.05. The fourth-order valence-electron chi connectivity index (χ4n) is 4.95. The standard InChI is InChI=1S/C26H32N4OS/c1-17-10-8-11-18(2)24(17)30-19(3)16-21(20(30)4)25-23(22-12-6-7-13-27-22)28-26(32)29(25)14-9-15-31-5/h6-8,10-13,16,23,25H,9,14-15H2,1-5H3,(H,28,32)/t23-,25-/m1/s1. The van der Waals surface area contributed by atoms with Gasteiger partial charge in [0, 0.05) is 37.8 Å². The second-order valence-corrected chi connectivity index (χ2v) is 8.96. The summed E-state index contributed by atoms with van der Waals surface area (Å²) in [5.74, 6) is 0. The number of methoxy groups -OCH3 is 1. The molecule has 0 saturated carbocycles. The van der Waals surface area contributed by atoms with Gasteiger partial charge in [0.15, 0.2) is 5.11 Å². The van der Waals surface area contributed by atoms with Crippen molar-refractivity contribution in [2.45, 2.75) is 46.2 Å². The number of rotatable bonds is 7. The highest BCUT2D eigenvalue weighted by Crippen LogP contribution is 2.41. The zero-order chi connectivity index (χ0) is 22.8. The molecule has 3 aromatic rings. The SMILES string of the molecule is COCCCN1C(=S)N[C@H](c2ccccn2)[C@H]1c1cc(C)n(-c2c(C)cccc2C)c1C. The number of benzene rings is 1. The highest BCUT2D eigenvalue weighted by molar-refractivity contribution is 7.80. The first-order chi connectivity index (χ1) is 15.4. The minimum atomic E-state index is -0.00170. The van der Waals surface area contributed by atoms with Crippen LogP contribution in [-0.4, -0.2) is 39.8 Å². The van der Waals surface area contributed by atoms with Gasteiger partial charge in [0.25, 0.3) is 0 Å². The van der Waals surface area contributed by atoms with Crippen molar-refractivity contribution >= 4 is 17.3 Å². The molecular weight excluding hydrogens is 416 g/mol. The van der Waals surface area contributed by atoms with E-state index in [2.05, 4.69) is 77.8 Å². The third-order valence-electron chi connectivity index (χ3n) is 6.40. The van der Waals surface area contributed by atoms with E-state index in [1.807, 2.05) is 18.3 Å². The molecule has 0 aliphatic carbocycles. The van der Waals surface area contributed by atoms with Gasteiger partial charge in [-0.2, -0.15) is 0 Å². The quantitative estimate of drug-likeness (QED) is 0.402. The van der Waals surface area contributed by atoms with Crippen LogP contribution in [0.5, 0.6) is 0 Å². The number of hydrogen-bond donors (Lipinski definition) is 1. The molecule has 1 N–H and O–H groups in total. The van der Waals surface area contributed by atoms with Crippen LogP contribution in [0.1, 0.15) is 52.3 Å². The van der Waals surface area contributed by atoms with Gasteiger partial charge in [0.05, 0.1) is 23.5 Å². The lowest BCUT2D eigenvalue weighted by Gasteiger charge is -2.28. The lowest BCUT2D eigenvalue weighted by atomic mass is 9.96. The van der Waals surface area contributed by atoms with Crippen LogP contribution < -0.4 is 5.32 Å². The van der Waals surface area contributed by atoms with E-state index in [0.29, 0.717) is 6.61 Å². The smallest absolute Gasteiger partial charge is 0.170 e. The lowest BCUT2D eigenvalue weighted by molar-refractivity contribution is 0.180. The van der Waals surface area contributed by atoms with Crippen molar-refractivity contribution in [2.24, 2.45) is 0 Å². The minimum absolute atomic E-state index is 0.00170. The Morgan fingerprint density at radius 1 is 1.06 bits per heavy atom. The first kappa shape index (κ1) is 22.5. The molecule has 168 valence electrons. The topological polar surface area (TPSA) is 42.3 Å². The maximum absolute atomic E-state index is 5.80. The number of pyridine rings is 1. The summed E-state index contributed by atoms with van der Waals surface area (Å²) in [6.07, 6.45) is 2.77. The van der Waals surface area contributed by atoms with Gasteiger partial charge in [-0.15, -0.1) is 0 Å². The molecule has 1 aliphatic rings. The second-order valence-electron chi connectivity index (χ2n) is 8.57. The Balaban J connectivity index is 1.83. The third-order valence-corrected chi connectivity index (χ3v) is 6.75. The van der Waals surface area contributed by atoms with Gasteiger partial charge in [0.1, 0.15) is 0 Å². The number of aromatic nitrogens is 2. The first-order valence-corrected chi connectivity index (χ1v) is 11.6. The number of ether oxygens (including phenoxy) is 1. The first-order valence-electron chi connectivity index (χ1n) is 11.2. The highest BCUT2D eigenvalue weighted by Gasteiger charge is 2.41. The van der Waals surface area contributed by atoms with Crippen LogP contribution >= 0.6 is 12.2 Å².